The van der Waals surface area contributed by atoms with Gasteiger partial charge in [0.2, 0.25) is 4.77 Å². The standard InChI is InChI=1S/C10H11N3S/c1-7-5-3-4-6-8(7)9-11-10(14)13(2)12-9/h3-6H,1-2H3,(H,11,12,14). The van der Waals surface area contributed by atoms with Crippen LogP contribution in [0, 0.1) is 11.7 Å². The van der Waals surface area contributed by atoms with Crippen molar-refractivity contribution in [2.45, 2.75) is 6.92 Å². The Balaban J connectivity index is 2.60. The molecule has 2 aromatic rings. The zero-order valence-electron chi connectivity index (χ0n) is 8.11. The lowest BCUT2D eigenvalue weighted by Crippen LogP contribution is -1.90. The minimum absolute atomic E-state index is 0.572. The van der Waals surface area contributed by atoms with Gasteiger partial charge in [-0.3, -0.25) is 9.78 Å². The number of nitrogens with zero attached hydrogens (tertiary/aromatic N) is 2. The number of aromatic amines is 1. The van der Waals surface area contributed by atoms with Crippen LogP contribution in [-0.2, 0) is 7.05 Å². The average Bonchev–Trinajstić information content (AvgIpc) is 2.48. The third kappa shape index (κ3) is 1.48. The van der Waals surface area contributed by atoms with Crippen LogP contribution >= 0.6 is 12.2 Å². The van der Waals surface area contributed by atoms with Crippen molar-refractivity contribution in [3.05, 3.63) is 34.6 Å². The van der Waals surface area contributed by atoms with Crippen LogP contribution < -0.4 is 0 Å². The van der Waals surface area contributed by atoms with Crippen molar-refractivity contribution in [3.63, 3.8) is 0 Å². The van der Waals surface area contributed by atoms with Gasteiger partial charge in [-0.05, 0) is 24.7 Å². The van der Waals surface area contributed by atoms with E-state index in [0.29, 0.717) is 4.77 Å². The summed E-state index contributed by atoms with van der Waals surface area (Å²) < 4.78 is 2.31. The van der Waals surface area contributed by atoms with E-state index in [1.54, 1.807) is 4.68 Å². The number of nitrogens with one attached hydrogen (secondary N) is 1. The third-order valence-corrected chi connectivity index (χ3v) is 2.53. The van der Waals surface area contributed by atoms with Crippen LogP contribution in [0.1, 0.15) is 5.56 Å². The fourth-order valence-electron chi connectivity index (χ4n) is 1.36. The summed E-state index contributed by atoms with van der Waals surface area (Å²) in [5.74, 6) is 0.829. The molecule has 0 saturated carbocycles. The maximum Gasteiger partial charge on any atom is 0.216 e. The van der Waals surface area contributed by atoms with Gasteiger partial charge in [-0.2, -0.15) is 4.98 Å². The number of benzene rings is 1. The molecule has 0 atom stereocenters. The van der Waals surface area contributed by atoms with Gasteiger partial charge in [0.1, 0.15) is 0 Å². The largest absolute Gasteiger partial charge is 0.279 e. The average molecular weight is 205 g/mol. The first-order valence-electron chi connectivity index (χ1n) is 4.37. The van der Waals surface area contributed by atoms with Crippen molar-refractivity contribution in [1.82, 2.24) is 14.8 Å². The zero-order valence-corrected chi connectivity index (χ0v) is 8.93. The number of H-pyrrole nitrogens is 1. The van der Waals surface area contributed by atoms with E-state index in [9.17, 15) is 0 Å². The minimum Gasteiger partial charge on any atom is -0.279 e. The molecule has 2 rings (SSSR count). The summed E-state index contributed by atoms with van der Waals surface area (Å²) in [6.45, 7) is 2.06. The molecular weight excluding hydrogens is 194 g/mol. The topological polar surface area (TPSA) is 33.6 Å². The molecule has 4 heteroatoms. The highest BCUT2D eigenvalue weighted by molar-refractivity contribution is 7.71. The second-order valence-electron chi connectivity index (χ2n) is 3.23. The quantitative estimate of drug-likeness (QED) is 0.725. The minimum atomic E-state index is 0.572. The van der Waals surface area contributed by atoms with E-state index >= 15 is 0 Å². The second kappa shape index (κ2) is 3.38. The molecule has 0 amide bonds. The summed E-state index contributed by atoms with van der Waals surface area (Å²) in [6.07, 6.45) is 0. The maximum absolute atomic E-state index is 5.04. The molecule has 1 aromatic carbocycles. The first-order valence-corrected chi connectivity index (χ1v) is 4.78. The van der Waals surface area contributed by atoms with Crippen molar-refractivity contribution < 1.29 is 0 Å². The van der Waals surface area contributed by atoms with Crippen LogP contribution in [0.2, 0.25) is 0 Å². The van der Waals surface area contributed by atoms with E-state index in [2.05, 4.69) is 23.1 Å². The molecule has 1 aromatic heterocycles. The lowest BCUT2D eigenvalue weighted by atomic mass is 10.1. The summed E-state index contributed by atoms with van der Waals surface area (Å²) in [6, 6.07) is 8.09. The molecule has 1 heterocycles. The van der Waals surface area contributed by atoms with Gasteiger partial charge in [0.05, 0.1) is 0 Å². The summed E-state index contributed by atoms with van der Waals surface area (Å²) in [7, 11) is 1.86. The first kappa shape index (κ1) is 9.15. The summed E-state index contributed by atoms with van der Waals surface area (Å²) in [5, 5.41) is 3.10. The van der Waals surface area contributed by atoms with Crippen LogP contribution in [0.15, 0.2) is 24.3 Å². The van der Waals surface area contributed by atoms with E-state index in [4.69, 9.17) is 12.2 Å². The van der Waals surface area contributed by atoms with Gasteiger partial charge in [-0.1, -0.05) is 24.3 Å². The fourth-order valence-corrected chi connectivity index (χ4v) is 1.50. The van der Waals surface area contributed by atoms with Crippen molar-refractivity contribution in [3.8, 4) is 11.4 Å². The van der Waals surface area contributed by atoms with Gasteiger partial charge in [-0.15, -0.1) is 0 Å². The molecule has 72 valence electrons. The summed E-state index contributed by atoms with van der Waals surface area (Å²) >= 11 is 5.04. The van der Waals surface area contributed by atoms with Crippen LogP contribution in [0.4, 0.5) is 0 Å². The van der Waals surface area contributed by atoms with Gasteiger partial charge in [-0.25, -0.2) is 0 Å². The van der Waals surface area contributed by atoms with Crippen molar-refractivity contribution in [2.24, 2.45) is 7.05 Å². The molecule has 14 heavy (non-hydrogen) atoms. The smallest absolute Gasteiger partial charge is 0.216 e. The molecular formula is C10H11N3S. The SMILES string of the molecule is Cc1ccccc1-c1nc(=S)n(C)[nH]1. The van der Waals surface area contributed by atoms with E-state index < -0.39 is 0 Å². The molecule has 0 unspecified atom stereocenters. The van der Waals surface area contributed by atoms with Crippen LogP contribution in [0.5, 0.6) is 0 Å². The van der Waals surface area contributed by atoms with E-state index in [1.807, 2.05) is 25.2 Å². The van der Waals surface area contributed by atoms with E-state index in [0.717, 1.165) is 11.4 Å². The van der Waals surface area contributed by atoms with Crippen LogP contribution in [-0.4, -0.2) is 14.8 Å². The Kier molecular flexibility index (Phi) is 2.21. The lowest BCUT2D eigenvalue weighted by Gasteiger charge is -2.00. The third-order valence-electron chi connectivity index (χ3n) is 2.17. The Hall–Kier alpha value is -1.42. The Morgan fingerprint density at radius 1 is 1.36 bits per heavy atom. The molecule has 0 aliphatic rings. The Morgan fingerprint density at radius 3 is 2.64 bits per heavy atom. The Bertz CT molecular complexity index is 510. The molecule has 3 nitrogen and oxygen atoms in total. The van der Waals surface area contributed by atoms with Crippen LogP contribution in [0.3, 0.4) is 0 Å². The van der Waals surface area contributed by atoms with E-state index in [1.165, 1.54) is 5.56 Å². The number of hydrogen-bond acceptors (Lipinski definition) is 2. The molecule has 1 N–H and O–H groups in total. The highest BCUT2D eigenvalue weighted by atomic mass is 32.1. The molecule has 0 bridgehead atoms. The number of aromatic nitrogens is 3. The molecule has 0 saturated heterocycles. The Morgan fingerprint density at radius 2 is 2.07 bits per heavy atom. The highest BCUT2D eigenvalue weighted by Gasteiger charge is 2.04. The zero-order chi connectivity index (χ0) is 10.1. The van der Waals surface area contributed by atoms with Gasteiger partial charge >= 0.3 is 0 Å². The molecule has 0 aliphatic heterocycles. The van der Waals surface area contributed by atoms with Gasteiger partial charge < -0.3 is 0 Å². The Labute approximate surface area is 87.4 Å². The van der Waals surface area contributed by atoms with Crippen molar-refractivity contribution >= 4 is 12.2 Å². The van der Waals surface area contributed by atoms with Gasteiger partial charge in [0, 0.05) is 12.6 Å². The maximum atomic E-state index is 5.04. The van der Waals surface area contributed by atoms with Gasteiger partial charge in [0.15, 0.2) is 5.82 Å². The lowest BCUT2D eigenvalue weighted by molar-refractivity contribution is 0.756. The number of hydrogen-bond donors (Lipinski definition) is 1. The summed E-state index contributed by atoms with van der Waals surface area (Å²) in [5.41, 5.74) is 2.29. The van der Waals surface area contributed by atoms with Crippen molar-refractivity contribution in [1.29, 1.82) is 0 Å². The molecule has 0 spiro atoms. The fraction of sp³-hybridized carbons (Fsp3) is 0.200. The van der Waals surface area contributed by atoms with Crippen LogP contribution in [0.25, 0.3) is 11.4 Å². The van der Waals surface area contributed by atoms with E-state index in [-0.39, 0.29) is 0 Å². The van der Waals surface area contributed by atoms with Gasteiger partial charge in [0.25, 0.3) is 0 Å². The monoisotopic (exact) mass is 205 g/mol. The normalized spacial score (nSPS) is 10.4. The predicted molar refractivity (Wildman–Crippen MR) is 58.6 cm³/mol. The van der Waals surface area contributed by atoms with Crippen molar-refractivity contribution in [2.75, 3.05) is 0 Å². The molecule has 0 aliphatic carbocycles. The second-order valence-corrected chi connectivity index (χ2v) is 3.59. The summed E-state index contributed by atoms with van der Waals surface area (Å²) in [4.78, 5) is 4.26. The predicted octanol–water partition coefficient (Wildman–Crippen LogP) is 2.45. The molecule has 0 radical (unpaired) electrons. The molecule has 0 fully saturated rings. The number of aryl methyl sites for hydroxylation is 2. The number of rotatable bonds is 1. The first-order chi connectivity index (χ1) is 6.68. The highest BCUT2D eigenvalue weighted by Crippen LogP contribution is 2.18.